The summed E-state index contributed by atoms with van der Waals surface area (Å²) in [6, 6.07) is 5.55. The van der Waals surface area contributed by atoms with Gasteiger partial charge in [0.2, 0.25) is 5.91 Å². The van der Waals surface area contributed by atoms with E-state index in [-0.39, 0.29) is 24.4 Å². The third kappa shape index (κ3) is 5.47. The minimum Gasteiger partial charge on any atom is -0.327 e. The van der Waals surface area contributed by atoms with Crippen LogP contribution in [0.2, 0.25) is 0 Å². The summed E-state index contributed by atoms with van der Waals surface area (Å²) in [7, 11) is 0. The lowest BCUT2D eigenvalue weighted by Crippen LogP contribution is -2.23. The van der Waals surface area contributed by atoms with Gasteiger partial charge in [-0.05, 0) is 63.6 Å². The Labute approximate surface area is 123 Å². The number of carbonyl (C=O) groups is 1. The topological polar surface area (TPSA) is 55.1 Å². The fourth-order valence-electron chi connectivity index (χ4n) is 1.08. The average Bonchev–Trinajstić information content (AvgIpc) is 2.10. The van der Waals surface area contributed by atoms with Crippen LogP contribution in [0.25, 0.3) is 0 Å². The van der Waals surface area contributed by atoms with Gasteiger partial charge in [0.1, 0.15) is 0 Å². The quantitative estimate of drug-likeness (QED) is 0.740. The van der Waals surface area contributed by atoms with Gasteiger partial charge in [-0.3, -0.25) is 4.79 Å². The molecule has 1 aromatic carbocycles. The second-order valence-electron chi connectivity index (χ2n) is 3.36. The van der Waals surface area contributed by atoms with Crippen molar-refractivity contribution in [1.29, 1.82) is 0 Å². The molecule has 16 heavy (non-hydrogen) atoms. The van der Waals surface area contributed by atoms with Crippen LogP contribution in [0.1, 0.15) is 13.3 Å². The Kier molecular flexibility index (Phi) is 7.54. The first-order chi connectivity index (χ1) is 6.99. The smallest absolute Gasteiger partial charge is 0.225 e. The van der Waals surface area contributed by atoms with E-state index in [4.69, 9.17) is 5.73 Å². The molecule has 0 aromatic heterocycles. The molecule has 0 aliphatic carbocycles. The fraction of sp³-hybridized carbons (Fsp3) is 0.300. The Hall–Kier alpha value is 0.150. The summed E-state index contributed by atoms with van der Waals surface area (Å²) in [4.78, 5) is 11.4. The van der Waals surface area contributed by atoms with Crippen molar-refractivity contribution in [1.82, 2.24) is 0 Å². The van der Waals surface area contributed by atoms with E-state index in [9.17, 15) is 4.79 Å². The number of nitrogens with two attached hydrogens (primary N) is 1. The Bertz CT molecular complexity index is 374. The monoisotopic (exact) mass is 418 g/mol. The number of hydrogen-bond donors (Lipinski definition) is 2. The molecule has 6 heteroatoms. The van der Waals surface area contributed by atoms with Gasteiger partial charge in [0.25, 0.3) is 0 Å². The maximum Gasteiger partial charge on any atom is 0.225 e. The maximum atomic E-state index is 11.4. The zero-order valence-corrected chi connectivity index (χ0v) is 13.2. The minimum atomic E-state index is -0.112. The molecule has 0 aliphatic heterocycles. The van der Waals surface area contributed by atoms with E-state index in [1.807, 2.05) is 25.1 Å². The van der Waals surface area contributed by atoms with Crippen molar-refractivity contribution in [2.75, 3.05) is 5.32 Å². The molecular weight excluding hydrogens is 406 g/mol. The first-order valence-electron chi connectivity index (χ1n) is 4.49. The van der Waals surface area contributed by atoms with Gasteiger partial charge in [-0.15, -0.1) is 12.4 Å². The zero-order chi connectivity index (χ0) is 11.4. The first-order valence-corrected chi connectivity index (χ1v) is 6.36. The number of amides is 1. The number of halogens is 3. The molecule has 0 heterocycles. The Morgan fingerprint density at radius 1 is 1.62 bits per heavy atom. The number of rotatable bonds is 3. The zero-order valence-electron chi connectivity index (χ0n) is 8.67. The molecule has 1 aromatic rings. The molecule has 0 aliphatic rings. The van der Waals surface area contributed by atoms with Crippen molar-refractivity contribution in [2.24, 2.45) is 5.73 Å². The van der Waals surface area contributed by atoms with Crippen molar-refractivity contribution >= 4 is 62.5 Å². The van der Waals surface area contributed by atoms with Crippen LogP contribution in [0.3, 0.4) is 0 Å². The van der Waals surface area contributed by atoms with Crippen LogP contribution in [0, 0.1) is 3.57 Å². The average molecular weight is 419 g/mol. The fourth-order valence-corrected chi connectivity index (χ4v) is 1.84. The van der Waals surface area contributed by atoms with Gasteiger partial charge in [-0.25, -0.2) is 0 Å². The summed E-state index contributed by atoms with van der Waals surface area (Å²) in [5.41, 5.74) is 6.33. The summed E-state index contributed by atoms with van der Waals surface area (Å²) >= 11 is 5.59. The van der Waals surface area contributed by atoms with E-state index in [2.05, 4.69) is 43.8 Å². The molecule has 0 saturated carbocycles. The molecule has 3 nitrogen and oxygen atoms in total. The van der Waals surface area contributed by atoms with Gasteiger partial charge in [0.05, 0.1) is 0 Å². The van der Waals surface area contributed by atoms with E-state index in [0.29, 0.717) is 6.42 Å². The predicted molar refractivity (Wildman–Crippen MR) is 81.0 cm³/mol. The number of benzene rings is 1. The van der Waals surface area contributed by atoms with Gasteiger partial charge in [0, 0.05) is 26.2 Å². The highest BCUT2D eigenvalue weighted by molar-refractivity contribution is 14.1. The van der Waals surface area contributed by atoms with Crippen molar-refractivity contribution in [3.05, 3.63) is 26.2 Å². The highest BCUT2D eigenvalue weighted by Crippen LogP contribution is 2.22. The van der Waals surface area contributed by atoms with Crippen LogP contribution >= 0.6 is 50.9 Å². The van der Waals surface area contributed by atoms with Gasteiger partial charge in [-0.2, -0.15) is 0 Å². The van der Waals surface area contributed by atoms with Crippen molar-refractivity contribution < 1.29 is 4.79 Å². The molecule has 90 valence electrons. The van der Waals surface area contributed by atoms with E-state index in [1.165, 1.54) is 0 Å². The van der Waals surface area contributed by atoms with E-state index in [0.717, 1.165) is 13.7 Å². The molecule has 0 saturated heterocycles. The minimum absolute atomic E-state index is 0. The molecular formula is C10H13BrClIN2O. The third-order valence-electron chi connectivity index (χ3n) is 1.71. The summed E-state index contributed by atoms with van der Waals surface area (Å²) in [6.45, 7) is 1.81. The highest BCUT2D eigenvalue weighted by atomic mass is 127. The second-order valence-corrected chi connectivity index (χ2v) is 5.37. The summed E-state index contributed by atoms with van der Waals surface area (Å²) in [5.74, 6) is -0.0527. The SMILES string of the molecule is CC(N)CC(=O)Nc1ccc(Br)c(I)c1.Cl. The van der Waals surface area contributed by atoms with E-state index < -0.39 is 0 Å². The van der Waals surface area contributed by atoms with Crippen LogP contribution in [-0.2, 0) is 4.79 Å². The molecule has 1 amide bonds. The van der Waals surface area contributed by atoms with Crippen LogP contribution in [0.4, 0.5) is 5.69 Å². The highest BCUT2D eigenvalue weighted by Gasteiger charge is 2.06. The lowest BCUT2D eigenvalue weighted by Gasteiger charge is -2.08. The number of hydrogen-bond acceptors (Lipinski definition) is 2. The van der Waals surface area contributed by atoms with Crippen LogP contribution < -0.4 is 11.1 Å². The number of anilines is 1. The maximum absolute atomic E-state index is 11.4. The van der Waals surface area contributed by atoms with Crippen molar-refractivity contribution in [2.45, 2.75) is 19.4 Å². The van der Waals surface area contributed by atoms with Crippen LogP contribution in [0.15, 0.2) is 22.7 Å². The number of carbonyl (C=O) groups excluding carboxylic acids is 1. The van der Waals surface area contributed by atoms with Crippen LogP contribution in [-0.4, -0.2) is 11.9 Å². The number of nitrogens with one attached hydrogen (secondary N) is 1. The van der Waals surface area contributed by atoms with Gasteiger partial charge >= 0.3 is 0 Å². The molecule has 0 spiro atoms. The summed E-state index contributed by atoms with van der Waals surface area (Å²) < 4.78 is 2.08. The molecule has 1 rings (SSSR count). The normalized spacial score (nSPS) is 11.5. The standard InChI is InChI=1S/C10H12BrIN2O.ClH/c1-6(13)4-10(15)14-7-2-3-8(11)9(12)5-7;/h2-3,5-6H,4,13H2,1H3,(H,14,15);1H. The molecule has 3 N–H and O–H groups in total. The molecule has 1 unspecified atom stereocenters. The Balaban J connectivity index is 0.00000225. The van der Waals surface area contributed by atoms with Crippen LogP contribution in [0.5, 0.6) is 0 Å². The summed E-state index contributed by atoms with van der Waals surface area (Å²) in [6.07, 6.45) is 0.340. The third-order valence-corrected chi connectivity index (χ3v) is 4.04. The summed E-state index contributed by atoms with van der Waals surface area (Å²) in [5, 5.41) is 2.80. The Morgan fingerprint density at radius 3 is 2.75 bits per heavy atom. The first kappa shape index (κ1) is 16.1. The van der Waals surface area contributed by atoms with Gasteiger partial charge in [-0.1, -0.05) is 0 Å². The van der Waals surface area contributed by atoms with Gasteiger partial charge < -0.3 is 11.1 Å². The molecule has 0 fully saturated rings. The van der Waals surface area contributed by atoms with Crippen molar-refractivity contribution in [3.63, 3.8) is 0 Å². The largest absolute Gasteiger partial charge is 0.327 e. The van der Waals surface area contributed by atoms with E-state index in [1.54, 1.807) is 0 Å². The molecule has 0 bridgehead atoms. The van der Waals surface area contributed by atoms with E-state index >= 15 is 0 Å². The Morgan fingerprint density at radius 2 is 2.25 bits per heavy atom. The lowest BCUT2D eigenvalue weighted by molar-refractivity contribution is -0.116. The lowest BCUT2D eigenvalue weighted by atomic mass is 10.2. The molecule has 1 atom stereocenters. The van der Waals surface area contributed by atoms with Gasteiger partial charge in [0.15, 0.2) is 0 Å². The van der Waals surface area contributed by atoms with Crippen molar-refractivity contribution in [3.8, 4) is 0 Å². The molecule has 0 radical (unpaired) electrons. The second kappa shape index (κ2) is 7.47. The predicted octanol–water partition coefficient (Wildman–Crippen LogP) is 3.15.